The van der Waals surface area contributed by atoms with Gasteiger partial charge in [-0.2, -0.15) is 0 Å². The van der Waals surface area contributed by atoms with Gasteiger partial charge in [-0.05, 0) is 13.0 Å². The zero-order valence-electron chi connectivity index (χ0n) is 10.6. The van der Waals surface area contributed by atoms with Crippen LogP contribution in [0.5, 0.6) is 0 Å². The second-order valence-corrected chi connectivity index (χ2v) is 4.42. The molecule has 2 rings (SSSR count). The maximum absolute atomic E-state index is 11.6. The van der Waals surface area contributed by atoms with Gasteiger partial charge in [-0.25, -0.2) is 4.79 Å². The molecule has 7 nitrogen and oxygen atoms in total. The van der Waals surface area contributed by atoms with Crippen molar-refractivity contribution in [1.29, 1.82) is 0 Å². The van der Waals surface area contributed by atoms with Crippen molar-refractivity contribution in [2.24, 2.45) is 0 Å². The Morgan fingerprint density at radius 3 is 2.74 bits per heavy atom. The first kappa shape index (κ1) is 13.3. The van der Waals surface area contributed by atoms with Gasteiger partial charge in [0, 0.05) is 7.05 Å². The van der Waals surface area contributed by atoms with Crippen LogP contribution in [0.15, 0.2) is 10.5 Å². The average Bonchev–Trinajstić information content (AvgIpc) is 2.83. The molecule has 7 heteroatoms. The number of hydrogen-bond donors (Lipinski definition) is 2. The Bertz CT molecular complexity index is 548. The molecule has 1 fully saturated rings. The number of likely N-dealkylation sites (tertiary alicyclic amines) is 1. The van der Waals surface area contributed by atoms with E-state index in [4.69, 9.17) is 9.52 Å². The number of carbonyl (C=O) groups excluding carboxylic acids is 2. The molecule has 1 atom stereocenters. The van der Waals surface area contributed by atoms with Crippen molar-refractivity contribution >= 4 is 17.8 Å². The summed E-state index contributed by atoms with van der Waals surface area (Å²) in [5, 5.41) is 11.8. The van der Waals surface area contributed by atoms with E-state index in [1.807, 2.05) is 0 Å². The monoisotopic (exact) mass is 266 g/mol. The second-order valence-electron chi connectivity index (χ2n) is 4.42. The largest absolute Gasteiger partial charge is 0.478 e. The Hall–Kier alpha value is -2.15. The fourth-order valence-corrected chi connectivity index (χ4v) is 1.98. The Balaban J connectivity index is 2.00. The quantitative estimate of drug-likeness (QED) is 0.751. The molecule has 1 aromatic rings. The Morgan fingerprint density at radius 1 is 1.58 bits per heavy atom. The molecular formula is C12H14N2O5. The van der Waals surface area contributed by atoms with Gasteiger partial charge in [0.15, 0.2) is 0 Å². The summed E-state index contributed by atoms with van der Waals surface area (Å²) in [5.41, 5.74) is 0.0998. The van der Waals surface area contributed by atoms with Crippen molar-refractivity contribution in [2.75, 3.05) is 7.05 Å². The number of likely N-dealkylation sites (N-methyl/N-ethyl adjacent to an activating group) is 1. The number of carboxylic acids is 1. The molecule has 2 amide bonds. The van der Waals surface area contributed by atoms with E-state index in [1.165, 1.54) is 13.1 Å². The number of aromatic carboxylic acids is 1. The van der Waals surface area contributed by atoms with E-state index in [2.05, 4.69) is 5.32 Å². The summed E-state index contributed by atoms with van der Waals surface area (Å²) < 4.78 is 5.27. The van der Waals surface area contributed by atoms with Crippen LogP contribution < -0.4 is 5.32 Å². The summed E-state index contributed by atoms with van der Waals surface area (Å²) in [6.45, 7) is 1.76. The minimum atomic E-state index is -1.06. The number of amides is 2. The molecule has 2 N–H and O–H groups in total. The Kier molecular flexibility index (Phi) is 3.39. The SMILES string of the molecule is Cc1oc(CNC2CC(=O)N(C)C2=O)cc1C(=O)O. The van der Waals surface area contributed by atoms with Gasteiger partial charge in [-0.3, -0.25) is 19.8 Å². The molecule has 0 bridgehead atoms. The van der Waals surface area contributed by atoms with Crippen LogP contribution in [0.2, 0.25) is 0 Å². The van der Waals surface area contributed by atoms with Crippen molar-refractivity contribution in [3.8, 4) is 0 Å². The van der Waals surface area contributed by atoms with E-state index in [1.54, 1.807) is 6.92 Å². The molecule has 2 heterocycles. The van der Waals surface area contributed by atoms with Crippen LogP contribution in [0.3, 0.4) is 0 Å². The third-order valence-electron chi connectivity index (χ3n) is 3.10. The van der Waals surface area contributed by atoms with Gasteiger partial charge in [-0.15, -0.1) is 0 Å². The van der Waals surface area contributed by atoms with Gasteiger partial charge in [0.05, 0.1) is 19.0 Å². The topological polar surface area (TPSA) is 99.9 Å². The fourth-order valence-electron chi connectivity index (χ4n) is 1.98. The lowest BCUT2D eigenvalue weighted by Gasteiger charge is -2.09. The summed E-state index contributed by atoms with van der Waals surface area (Å²) in [7, 11) is 1.44. The van der Waals surface area contributed by atoms with Crippen molar-refractivity contribution in [1.82, 2.24) is 10.2 Å². The maximum atomic E-state index is 11.6. The Labute approximate surface area is 109 Å². The highest BCUT2D eigenvalue weighted by Gasteiger charge is 2.35. The number of furan rings is 1. The first-order valence-corrected chi connectivity index (χ1v) is 5.76. The van der Waals surface area contributed by atoms with Crippen LogP contribution in [0.4, 0.5) is 0 Å². The number of nitrogens with one attached hydrogen (secondary N) is 1. The standard InChI is InChI=1S/C12H14N2O5/c1-6-8(12(17)18)3-7(19-6)5-13-9-4-10(15)14(2)11(9)16/h3,9,13H,4-5H2,1-2H3,(H,17,18). The molecule has 1 aliphatic rings. The van der Waals surface area contributed by atoms with E-state index in [-0.39, 0.29) is 30.3 Å². The minimum Gasteiger partial charge on any atom is -0.478 e. The third-order valence-corrected chi connectivity index (χ3v) is 3.10. The summed E-state index contributed by atoms with van der Waals surface area (Å²) in [4.78, 5) is 34.9. The highest BCUT2D eigenvalue weighted by Crippen LogP contribution is 2.16. The summed E-state index contributed by atoms with van der Waals surface area (Å²) in [6.07, 6.45) is 0.112. The molecule has 0 aliphatic carbocycles. The van der Waals surface area contributed by atoms with E-state index in [0.717, 1.165) is 4.90 Å². The van der Waals surface area contributed by atoms with Crippen LogP contribution in [-0.2, 0) is 16.1 Å². The lowest BCUT2D eigenvalue weighted by molar-refractivity contribution is -0.137. The van der Waals surface area contributed by atoms with Gasteiger partial charge in [-0.1, -0.05) is 0 Å². The fraction of sp³-hybridized carbons (Fsp3) is 0.417. The third kappa shape index (κ3) is 2.50. The lowest BCUT2D eigenvalue weighted by atomic mass is 10.2. The van der Waals surface area contributed by atoms with Gasteiger partial charge in [0.1, 0.15) is 17.1 Å². The molecule has 1 unspecified atom stereocenters. The number of hydrogen-bond acceptors (Lipinski definition) is 5. The number of carbonyl (C=O) groups is 3. The summed E-state index contributed by atoms with van der Waals surface area (Å²) in [6, 6.07) is 0.839. The number of nitrogens with zero attached hydrogens (tertiary/aromatic N) is 1. The predicted molar refractivity (Wildman–Crippen MR) is 63.4 cm³/mol. The minimum absolute atomic E-state index is 0.0998. The molecule has 0 spiro atoms. The predicted octanol–water partition coefficient (Wildman–Crippen LogP) is 0.133. The average molecular weight is 266 g/mol. The van der Waals surface area contributed by atoms with E-state index in [9.17, 15) is 14.4 Å². The van der Waals surface area contributed by atoms with E-state index in [0.29, 0.717) is 11.5 Å². The zero-order valence-corrected chi connectivity index (χ0v) is 10.6. The van der Waals surface area contributed by atoms with Crippen LogP contribution in [0.1, 0.15) is 28.3 Å². The smallest absolute Gasteiger partial charge is 0.339 e. The molecule has 19 heavy (non-hydrogen) atoms. The van der Waals surface area contributed by atoms with Crippen molar-refractivity contribution in [2.45, 2.75) is 25.9 Å². The van der Waals surface area contributed by atoms with Crippen molar-refractivity contribution in [3.05, 3.63) is 23.2 Å². The molecular weight excluding hydrogens is 252 g/mol. The van der Waals surface area contributed by atoms with Gasteiger partial charge >= 0.3 is 5.97 Å². The molecule has 0 saturated carbocycles. The van der Waals surface area contributed by atoms with Crippen molar-refractivity contribution < 1.29 is 23.9 Å². The van der Waals surface area contributed by atoms with Gasteiger partial charge < -0.3 is 9.52 Å². The molecule has 1 aliphatic heterocycles. The first-order chi connectivity index (χ1) is 8.90. The summed E-state index contributed by atoms with van der Waals surface area (Å²) in [5.74, 6) is -0.838. The van der Waals surface area contributed by atoms with Crippen molar-refractivity contribution in [3.63, 3.8) is 0 Å². The lowest BCUT2D eigenvalue weighted by Crippen LogP contribution is -2.36. The van der Waals surface area contributed by atoms with Crippen LogP contribution in [-0.4, -0.2) is 40.9 Å². The number of carboxylic acid groups (broad SMARTS) is 1. The highest BCUT2D eigenvalue weighted by molar-refractivity contribution is 6.05. The molecule has 0 aromatic carbocycles. The molecule has 1 saturated heterocycles. The van der Waals surface area contributed by atoms with Crippen LogP contribution in [0.25, 0.3) is 0 Å². The zero-order chi connectivity index (χ0) is 14.2. The number of rotatable bonds is 4. The highest BCUT2D eigenvalue weighted by atomic mass is 16.4. The van der Waals surface area contributed by atoms with Crippen LogP contribution in [0, 0.1) is 6.92 Å². The second kappa shape index (κ2) is 4.85. The first-order valence-electron chi connectivity index (χ1n) is 5.76. The molecule has 0 radical (unpaired) electrons. The van der Waals surface area contributed by atoms with Gasteiger partial charge in [0.2, 0.25) is 11.8 Å². The molecule has 1 aromatic heterocycles. The Morgan fingerprint density at radius 2 is 2.26 bits per heavy atom. The maximum Gasteiger partial charge on any atom is 0.339 e. The van der Waals surface area contributed by atoms with Gasteiger partial charge in [0.25, 0.3) is 0 Å². The number of imide groups is 1. The van der Waals surface area contributed by atoms with E-state index >= 15 is 0 Å². The van der Waals surface area contributed by atoms with E-state index < -0.39 is 12.0 Å². The molecule has 102 valence electrons. The normalized spacial score (nSPS) is 19.3. The summed E-state index contributed by atoms with van der Waals surface area (Å²) >= 11 is 0. The number of aryl methyl sites for hydroxylation is 1. The van der Waals surface area contributed by atoms with Crippen LogP contribution >= 0.6 is 0 Å².